The van der Waals surface area contributed by atoms with Crippen LogP contribution in [-0.2, 0) is 6.54 Å². The fourth-order valence-corrected chi connectivity index (χ4v) is 1.82. The summed E-state index contributed by atoms with van der Waals surface area (Å²) in [6.07, 6.45) is 0. The molecule has 3 aromatic rings. The molecule has 0 unspecified atom stereocenters. The number of hydrogen-bond donors (Lipinski definition) is 2. The van der Waals surface area contributed by atoms with E-state index in [2.05, 4.69) is 20.9 Å². The average Bonchev–Trinajstić information content (AvgIpc) is 3.03. The number of anilines is 1. The van der Waals surface area contributed by atoms with Gasteiger partial charge in [0.2, 0.25) is 0 Å². The van der Waals surface area contributed by atoms with Crippen LogP contribution in [0.4, 0.5) is 10.6 Å². The molecule has 0 radical (unpaired) electrons. The molecule has 2 amide bonds. The molecule has 0 bridgehead atoms. The van der Waals surface area contributed by atoms with Crippen LogP contribution in [0.1, 0.15) is 11.5 Å². The third kappa shape index (κ3) is 2.46. The summed E-state index contributed by atoms with van der Waals surface area (Å²) in [5, 5.41) is 13.7. The highest BCUT2D eigenvalue weighted by Gasteiger charge is 2.10. The minimum atomic E-state index is -0.384. The van der Waals surface area contributed by atoms with Crippen molar-refractivity contribution >= 4 is 22.8 Å². The maximum Gasteiger partial charge on any atom is 0.320 e. The Morgan fingerprint density at radius 3 is 2.90 bits per heavy atom. The lowest BCUT2D eigenvalue weighted by atomic mass is 10.2. The highest BCUT2D eigenvalue weighted by Crippen LogP contribution is 2.17. The summed E-state index contributed by atoms with van der Waals surface area (Å²) < 4.78 is 10.0. The topological polar surface area (TPSA) is 93.2 Å². The SMILES string of the molecule is Cc1cc(NC(=O)NCc2noc3ccccc23)no1. The lowest BCUT2D eigenvalue weighted by Gasteiger charge is -2.02. The second-order valence-electron chi connectivity index (χ2n) is 4.26. The number of aryl methyl sites for hydroxylation is 1. The van der Waals surface area contributed by atoms with E-state index >= 15 is 0 Å². The summed E-state index contributed by atoms with van der Waals surface area (Å²) in [6, 6.07) is 8.72. The number of urea groups is 1. The molecule has 20 heavy (non-hydrogen) atoms. The third-order valence-corrected chi connectivity index (χ3v) is 2.74. The van der Waals surface area contributed by atoms with Crippen molar-refractivity contribution in [2.45, 2.75) is 13.5 Å². The van der Waals surface area contributed by atoms with Crippen molar-refractivity contribution in [1.29, 1.82) is 0 Å². The lowest BCUT2D eigenvalue weighted by molar-refractivity contribution is 0.251. The first-order valence-electron chi connectivity index (χ1n) is 6.04. The summed E-state index contributed by atoms with van der Waals surface area (Å²) >= 11 is 0. The summed E-state index contributed by atoms with van der Waals surface area (Å²) in [5.41, 5.74) is 1.36. The van der Waals surface area contributed by atoms with Gasteiger partial charge in [-0.3, -0.25) is 5.32 Å². The molecule has 0 saturated carbocycles. The normalized spacial score (nSPS) is 10.7. The fourth-order valence-electron chi connectivity index (χ4n) is 1.82. The van der Waals surface area contributed by atoms with E-state index < -0.39 is 0 Å². The van der Waals surface area contributed by atoms with Gasteiger partial charge in [-0.2, -0.15) is 0 Å². The van der Waals surface area contributed by atoms with Crippen LogP contribution in [0.5, 0.6) is 0 Å². The molecule has 0 spiro atoms. The number of nitrogens with zero attached hydrogens (tertiary/aromatic N) is 2. The van der Waals surface area contributed by atoms with Crippen molar-refractivity contribution in [1.82, 2.24) is 15.6 Å². The molecule has 2 N–H and O–H groups in total. The quantitative estimate of drug-likeness (QED) is 0.763. The number of nitrogens with one attached hydrogen (secondary N) is 2. The van der Waals surface area contributed by atoms with E-state index in [0.717, 1.165) is 5.39 Å². The molecule has 102 valence electrons. The number of rotatable bonds is 3. The molecule has 0 atom stereocenters. The average molecular weight is 272 g/mol. The molecule has 3 rings (SSSR count). The van der Waals surface area contributed by atoms with E-state index in [4.69, 9.17) is 9.05 Å². The number of carbonyl (C=O) groups is 1. The van der Waals surface area contributed by atoms with Crippen LogP contribution in [0.25, 0.3) is 11.0 Å². The van der Waals surface area contributed by atoms with Crippen molar-refractivity contribution in [3.8, 4) is 0 Å². The van der Waals surface area contributed by atoms with E-state index in [-0.39, 0.29) is 12.6 Å². The van der Waals surface area contributed by atoms with Crippen LogP contribution >= 0.6 is 0 Å². The summed E-state index contributed by atoms with van der Waals surface area (Å²) in [4.78, 5) is 11.7. The maximum absolute atomic E-state index is 11.7. The first-order valence-corrected chi connectivity index (χ1v) is 6.04. The minimum absolute atomic E-state index is 0.264. The van der Waals surface area contributed by atoms with E-state index in [0.29, 0.717) is 22.9 Å². The van der Waals surface area contributed by atoms with Gasteiger partial charge >= 0.3 is 6.03 Å². The summed E-state index contributed by atoms with van der Waals surface area (Å²) in [6.45, 7) is 2.01. The summed E-state index contributed by atoms with van der Waals surface area (Å²) in [7, 11) is 0. The smallest absolute Gasteiger partial charge is 0.320 e. The van der Waals surface area contributed by atoms with Gasteiger partial charge in [-0.1, -0.05) is 22.4 Å². The van der Waals surface area contributed by atoms with Crippen LogP contribution in [0, 0.1) is 6.92 Å². The first-order chi connectivity index (χ1) is 9.72. The Labute approximate surface area is 113 Å². The van der Waals surface area contributed by atoms with Gasteiger partial charge in [0.05, 0.1) is 6.54 Å². The molecule has 7 heteroatoms. The van der Waals surface area contributed by atoms with Gasteiger partial charge in [0, 0.05) is 11.5 Å². The Kier molecular flexibility index (Phi) is 3.08. The molecule has 0 aliphatic heterocycles. The van der Waals surface area contributed by atoms with E-state index in [1.165, 1.54) is 0 Å². The van der Waals surface area contributed by atoms with Crippen LogP contribution in [-0.4, -0.2) is 16.3 Å². The van der Waals surface area contributed by atoms with Gasteiger partial charge in [0.25, 0.3) is 0 Å². The zero-order chi connectivity index (χ0) is 13.9. The predicted octanol–water partition coefficient (Wildman–Crippen LogP) is 2.45. The van der Waals surface area contributed by atoms with Crippen molar-refractivity contribution < 1.29 is 13.8 Å². The van der Waals surface area contributed by atoms with Gasteiger partial charge in [-0.15, -0.1) is 0 Å². The molecule has 2 heterocycles. The van der Waals surface area contributed by atoms with E-state index in [1.807, 2.05) is 24.3 Å². The predicted molar refractivity (Wildman–Crippen MR) is 71.1 cm³/mol. The largest absolute Gasteiger partial charge is 0.360 e. The Morgan fingerprint density at radius 1 is 1.25 bits per heavy atom. The number of benzene rings is 1. The molecule has 0 aliphatic rings. The second-order valence-corrected chi connectivity index (χ2v) is 4.26. The monoisotopic (exact) mass is 272 g/mol. The standard InChI is InChI=1S/C13H12N4O3/c1-8-6-12(17-19-8)15-13(18)14-7-10-9-4-2-3-5-11(9)20-16-10/h2-6H,7H2,1H3,(H2,14,15,17,18). The number of carbonyl (C=O) groups excluding carboxylic acids is 1. The van der Waals surface area contributed by atoms with Crippen LogP contribution in [0.3, 0.4) is 0 Å². The zero-order valence-corrected chi connectivity index (χ0v) is 10.7. The first kappa shape index (κ1) is 12.2. The Morgan fingerprint density at radius 2 is 2.10 bits per heavy atom. The highest BCUT2D eigenvalue weighted by molar-refractivity contribution is 5.88. The van der Waals surface area contributed by atoms with Gasteiger partial charge in [-0.25, -0.2) is 4.79 Å². The molecule has 0 saturated heterocycles. The molecular weight excluding hydrogens is 260 g/mol. The number of fused-ring (bicyclic) bond motifs is 1. The zero-order valence-electron chi connectivity index (χ0n) is 10.7. The minimum Gasteiger partial charge on any atom is -0.360 e. The van der Waals surface area contributed by atoms with Crippen LogP contribution < -0.4 is 10.6 Å². The van der Waals surface area contributed by atoms with E-state index in [1.54, 1.807) is 13.0 Å². The van der Waals surface area contributed by atoms with Crippen molar-refractivity contribution in [2.75, 3.05) is 5.32 Å². The molecule has 0 fully saturated rings. The Hall–Kier alpha value is -2.83. The third-order valence-electron chi connectivity index (χ3n) is 2.74. The second kappa shape index (κ2) is 5.04. The molecule has 2 aromatic heterocycles. The highest BCUT2D eigenvalue weighted by atomic mass is 16.5. The molecule has 0 aliphatic carbocycles. The molecule has 1 aromatic carbocycles. The summed E-state index contributed by atoms with van der Waals surface area (Å²) in [5.74, 6) is 0.993. The van der Waals surface area contributed by atoms with Crippen molar-refractivity contribution in [3.05, 3.63) is 41.8 Å². The number of aromatic nitrogens is 2. The van der Waals surface area contributed by atoms with Gasteiger partial charge < -0.3 is 14.4 Å². The van der Waals surface area contributed by atoms with Gasteiger partial charge in [0.1, 0.15) is 11.5 Å². The molecule has 7 nitrogen and oxygen atoms in total. The fraction of sp³-hybridized carbons (Fsp3) is 0.154. The van der Waals surface area contributed by atoms with Gasteiger partial charge in [-0.05, 0) is 19.1 Å². The number of amides is 2. The van der Waals surface area contributed by atoms with Crippen molar-refractivity contribution in [3.63, 3.8) is 0 Å². The van der Waals surface area contributed by atoms with Crippen LogP contribution in [0.2, 0.25) is 0 Å². The maximum atomic E-state index is 11.7. The molecular formula is C13H12N4O3. The lowest BCUT2D eigenvalue weighted by Crippen LogP contribution is -2.28. The Balaban J connectivity index is 1.63. The Bertz CT molecular complexity index is 747. The van der Waals surface area contributed by atoms with Gasteiger partial charge in [0.15, 0.2) is 11.4 Å². The van der Waals surface area contributed by atoms with Crippen LogP contribution in [0.15, 0.2) is 39.4 Å². The van der Waals surface area contributed by atoms with E-state index in [9.17, 15) is 4.79 Å². The number of para-hydroxylation sites is 1. The van der Waals surface area contributed by atoms with Crippen molar-refractivity contribution in [2.24, 2.45) is 0 Å². The number of hydrogen-bond acceptors (Lipinski definition) is 5.